The average molecular weight is 316 g/mol. The number of thiocarbonyl (C=S) groups is 2. The number of anilines is 1. The lowest BCUT2D eigenvalue weighted by Crippen LogP contribution is -2.36. The number of aryl methyl sites for hydroxylation is 1. The molecule has 1 saturated carbocycles. The Labute approximate surface area is 137 Å². The van der Waals surface area contributed by atoms with Crippen LogP contribution in [0.5, 0.6) is 0 Å². The minimum atomic E-state index is 0.545. The Morgan fingerprint density at radius 3 is 2.38 bits per heavy atom. The maximum atomic E-state index is 5.63. The van der Waals surface area contributed by atoms with E-state index in [1.165, 1.54) is 37.7 Å². The van der Waals surface area contributed by atoms with Gasteiger partial charge < -0.3 is 5.32 Å². The lowest BCUT2D eigenvalue weighted by molar-refractivity contribution is 0.401. The van der Waals surface area contributed by atoms with Gasteiger partial charge in [-0.3, -0.25) is 4.90 Å². The second kappa shape index (κ2) is 6.24. The molecule has 1 fully saturated rings. The predicted molar refractivity (Wildman–Crippen MR) is 96.9 cm³/mol. The van der Waals surface area contributed by atoms with E-state index in [9.17, 15) is 0 Å². The molecule has 1 aliphatic heterocycles. The molecule has 0 aromatic heterocycles. The highest BCUT2D eigenvalue weighted by Gasteiger charge is 2.27. The number of nitrogens with one attached hydrogen (secondary N) is 1. The Morgan fingerprint density at radius 1 is 1.05 bits per heavy atom. The van der Waals surface area contributed by atoms with Gasteiger partial charge in [-0.05, 0) is 38.0 Å². The number of benzene rings is 1. The molecule has 0 amide bonds. The summed E-state index contributed by atoms with van der Waals surface area (Å²) in [5, 5.41) is 3.60. The van der Waals surface area contributed by atoms with Crippen LogP contribution in [0.4, 0.5) is 5.69 Å². The van der Waals surface area contributed by atoms with Crippen LogP contribution in [0.1, 0.15) is 37.7 Å². The molecule has 0 bridgehead atoms. The van der Waals surface area contributed by atoms with Gasteiger partial charge in [0.25, 0.3) is 0 Å². The van der Waals surface area contributed by atoms with Gasteiger partial charge >= 0.3 is 0 Å². The molecule has 1 N–H and O–H groups in total. The fraction of sp³-hybridized carbons (Fsp3) is 0.412. The van der Waals surface area contributed by atoms with E-state index in [1.807, 2.05) is 11.0 Å². The standard InChI is InChI=1S/C17H20N2S2/c1-12-7-9-14(10-8-12)19-16(20)11-15(17(19)21)18-13-5-3-2-4-6-13/h7-11,13,18H,2-6H2,1H3. The highest BCUT2D eigenvalue weighted by molar-refractivity contribution is 7.83. The summed E-state index contributed by atoms with van der Waals surface area (Å²) in [6.07, 6.45) is 8.45. The molecule has 0 atom stereocenters. The molecule has 0 saturated heterocycles. The smallest absolute Gasteiger partial charge is 0.135 e. The zero-order valence-corrected chi connectivity index (χ0v) is 13.9. The highest BCUT2D eigenvalue weighted by atomic mass is 32.1. The van der Waals surface area contributed by atoms with E-state index in [-0.39, 0.29) is 0 Å². The first-order valence-corrected chi connectivity index (χ1v) is 8.40. The van der Waals surface area contributed by atoms with Crippen molar-refractivity contribution in [2.75, 3.05) is 4.90 Å². The number of rotatable bonds is 3. The van der Waals surface area contributed by atoms with Crippen LogP contribution in [-0.2, 0) is 0 Å². The minimum Gasteiger partial charge on any atom is -0.380 e. The molecule has 1 aliphatic carbocycles. The summed E-state index contributed by atoms with van der Waals surface area (Å²) in [7, 11) is 0. The fourth-order valence-corrected chi connectivity index (χ4v) is 3.67. The van der Waals surface area contributed by atoms with E-state index in [0.717, 1.165) is 21.4 Å². The Hall–Kier alpha value is -1.26. The van der Waals surface area contributed by atoms with Gasteiger partial charge in [-0.15, -0.1) is 0 Å². The third-order valence-corrected chi connectivity index (χ3v) is 4.88. The lowest BCUT2D eigenvalue weighted by atomic mass is 9.95. The number of nitrogens with zero attached hydrogens (tertiary/aromatic N) is 1. The lowest BCUT2D eigenvalue weighted by Gasteiger charge is -2.25. The molecule has 0 unspecified atom stereocenters. The van der Waals surface area contributed by atoms with Gasteiger partial charge in [-0.2, -0.15) is 0 Å². The van der Waals surface area contributed by atoms with Crippen molar-refractivity contribution in [1.82, 2.24) is 5.32 Å². The molecule has 110 valence electrons. The van der Waals surface area contributed by atoms with Gasteiger partial charge in [0.15, 0.2) is 0 Å². The Bertz CT molecular complexity index is 583. The summed E-state index contributed by atoms with van der Waals surface area (Å²) in [6.45, 7) is 2.08. The van der Waals surface area contributed by atoms with Crippen LogP contribution in [-0.4, -0.2) is 16.0 Å². The van der Waals surface area contributed by atoms with Gasteiger partial charge in [0.05, 0.1) is 5.70 Å². The molecule has 1 aromatic carbocycles. The van der Waals surface area contributed by atoms with Crippen LogP contribution >= 0.6 is 24.4 Å². The maximum Gasteiger partial charge on any atom is 0.135 e. The van der Waals surface area contributed by atoms with E-state index in [4.69, 9.17) is 24.4 Å². The van der Waals surface area contributed by atoms with Crippen molar-refractivity contribution in [3.05, 3.63) is 41.6 Å². The largest absolute Gasteiger partial charge is 0.380 e. The Balaban J connectivity index is 1.74. The van der Waals surface area contributed by atoms with Crippen molar-refractivity contribution in [2.45, 2.75) is 45.1 Å². The second-order valence-electron chi connectivity index (χ2n) is 5.85. The average Bonchev–Trinajstić information content (AvgIpc) is 2.76. The molecule has 0 spiro atoms. The minimum absolute atomic E-state index is 0.545. The van der Waals surface area contributed by atoms with Crippen molar-refractivity contribution in [3.8, 4) is 0 Å². The zero-order chi connectivity index (χ0) is 14.8. The monoisotopic (exact) mass is 316 g/mol. The topological polar surface area (TPSA) is 15.3 Å². The van der Waals surface area contributed by atoms with Gasteiger partial charge in [-0.1, -0.05) is 61.4 Å². The first kappa shape index (κ1) is 14.7. The predicted octanol–water partition coefficient (Wildman–Crippen LogP) is 4.28. The number of hydrogen-bond acceptors (Lipinski definition) is 3. The van der Waals surface area contributed by atoms with Crippen LogP contribution in [0.2, 0.25) is 0 Å². The van der Waals surface area contributed by atoms with Crippen molar-refractivity contribution < 1.29 is 0 Å². The fourth-order valence-electron chi connectivity index (χ4n) is 2.98. The van der Waals surface area contributed by atoms with E-state index in [0.29, 0.717) is 6.04 Å². The number of hydrogen-bond donors (Lipinski definition) is 1. The van der Waals surface area contributed by atoms with Gasteiger partial charge in [-0.25, -0.2) is 0 Å². The van der Waals surface area contributed by atoms with Crippen molar-refractivity contribution in [1.29, 1.82) is 0 Å². The van der Waals surface area contributed by atoms with Crippen molar-refractivity contribution >= 4 is 40.1 Å². The first-order chi connectivity index (χ1) is 10.1. The van der Waals surface area contributed by atoms with Gasteiger partial charge in [0, 0.05) is 11.7 Å². The van der Waals surface area contributed by atoms with Crippen molar-refractivity contribution in [2.24, 2.45) is 0 Å². The third kappa shape index (κ3) is 3.16. The summed E-state index contributed by atoms with van der Waals surface area (Å²) in [5.74, 6) is 0. The molecule has 1 heterocycles. The highest BCUT2D eigenvalue weighted by Crippen LogP contribution is 2.26. The second-order valence-corrected chi connectivity index (χ2v) is 6.66. The van der Waals surface area contributed by atoms with Crippen LogP contribution in [0, 0.1) is 6.92 Å². The molecule has 1 aromatic rings. The zero-order valence-electron chi connectivity index (χ0n) is 12.3. The molecule has 2 nitrogen and oxygen atoms in total. The summed E-state index contributed by atoms with van der Waals surface area (Å²) in [5.41, 5.74) is 3.30. The first-order valence-electron chi connectivity index (χ1n) is 7.58. The summed E-state index contributed by atoms with van der Waals surface area (Å²) in [4.78, 5) is 3.56. The van der Waals surface area contributed by atoms with Crippen LogP contribution in [0.15, 0.2) is 36.0 Å². The molecular weight excluding hydrogens is 296 g/mol. The summed E-state index contributed by atoms with van der Waals surface area (Å²) < 4.78 is 0. The third-order valence-electron chi connectivity index (χ3n) is 4.18. The molecule has 3 rings (SSSR count). The maximum absolute atomic E-state index is 5.63. The molecule has 4 heteroatoms. The SMILES string of the molecule is Cc1ccc(N2C(=S)C=C(NC3CCCCC3)C2=S)cc1. The summed E-state index contributed by atoms with van der Waals surface area (Å²) >= 11 is 11.1. The molecule has 0 radical (unpaired) electrons. The Morgan fingerprint density at radius 2 is 1.71 bits per heavy atom. The molecular formula is C17H20N2S2. The van der Waals surface area contributed by atoms with E-state index in [2.05, 4.69) is 36.5 Å². The molecule has 2 aliphatic rings. The summed E-state index contributed by atoms with van der Waals surface area (Å²) in [6, 6.07) is 8.88. The van der Waals surface area contributed by atoms with Gasteiger partial charge in [0.1, 0.15) is 9.98 Å². The quantitative estimate of drug-likeness (QED) is 0.837. The van der Waals surface area contributed by atoms with Crippen molar-refractivity contribution in [3.63, 3.8) is 0 Å². The van der Waals surface area contributed by atoms with E-state index in [1.54, 1.807) is 0 Å². The molecule has 21 heavy (non-hydrogen) atoms. The normalized spacial score (nSPS) is 19.9. The van der Waals surface area contributed by atoms with E-state index >= 15 is 0 Å². The van der Waals surface area contributed by atoms with Gasteiger partial charge in [0.2, 0.25) is 0 Å². The van der Waals surface area contributed by atoms with E-state index < -0.39 is 0 Å². The Kier molecular flexibility index (Phi) is 4.36. The van der Waals surface area contributed by atoms with Crippen LogP contribution in [0.25, 0.3) is 0 Å². The van der Waals surface area contributed by atoms with Crippen LogP contribution < -0.4 is 10.2 Å². The van der Waals surface area contributed by atoms with Crippen LogP contribution in [0.3, 0.4) is 0 Å².